The first-order valence-corrected chi connectivity index (χ1v) is 8.81. The van der Waals surface area contributed by atoms with Crippen LogP contribution in [0.15, 0.2) is 41.0 Å². The van der Waals surface area contributed by atoms with Gasteiger partial charge in [0.05, 0.1) is 13.2 Å². The molecule has 0 unspecified atom stereocenters. The second-order valence-corrected chi connectivity index (χ2v) is 6.65. The topological polar surface area (TPSA) is 54.5 Å². The number of hydrogen-bond donors (Lipinski definition) is 1. The highest BCUT2D eigenvalue weighted by Gasteiger charge is 2.19. The zero-order valence-electron chi connectivity index (χ0n) is 13.6. The average Bonchev–Trinajstić information content (AvgIpc) is 2.57. The Morgan fingerprint density at radius 3 is 2.96 bits per heavy atom. The van der Waals surface area contributed by atoms with Gasteiger partial charge in [-0.1, -0.05) is 6.07 Å². The lowest BCUT2D eigenvalue weighted by Gasteiger charge is -2.28. The summed E-state index contributed by atoms with van der Waals surface area (Å²) in [6.07, 6.45) is 2.62. The summed E-state index contributed by atoms with van der Waals surface area (Å²) in [5.41, 5.74) is 2.58. The summed E-state index contributed by atoms with van der Waals surface area (Å²) in [5, 5.41) is 2.83. The van der Waals surface area contributed by atoms with Gasteiger partial charge in [-0.2, -0.15) is 0 Å². The minimum absolute atomic E-state index is 0.0470. The van der Waals surface area contributed by atoms with Crippen molar-refractivity contribution in [2.24, 2.45) is 0 Å². The van der Waals surface area contributed by atoms with Crippen LogP contribution >= 0.6 is 15.9 Å². The first kappa shape index (κ1) is 16.9. The van der Waals surface area contributed by atoms with E-state index in [0.29, 0.717) is 19.0 Å². The Bertz CT molecular complexity index is 719. The first-order chi connectivity index (χ1) is 11.6. The van der Waals surface area contributed by atoms with Crippen molar-refractivity contribution in [3.05, 3.63) is 52.1 Å². The molecule has 0 saturated heterocycles. The monoisotopic (exact) mass is 389 g/mol. The summed E-state index contributed by atoms with van der Waals surface area (Å²) < 4.78 is 6.45. The van der Waals surface area contributed by atoms with Gasteiger partial charge in [0.15, 0.2) is 0 Å². The van der Waals surface area contributed by atoms with Gasteiger partial charge in [-0.15, -0.1) is 0 Å². The largest absolute Gasteiger partial charge is 0.494 e. The number of nitrogens with one attached hydrogen (secondary N) is 1. The molecule has 0 bridgehead atoms. The Morgan fingerprint density at radius 2 is 2.21 bits per heavy atom. The van der Waals surface area contributed by atoms with Gasteiger partial charge in [-0.05, 0) is 64.7 Å². The number of halogens is 1. The van der Waals surface area contributed by atoms with Crippen molar-refractivity contribution in [1.82, 2.24) is 9.88 Å². The third kappa shape index (κ3) is 4.33. The van der Waals surface area contributed by atoms with E-state index in [1.807, 2.05) is 19.1 Å². The molecule has 1 N–H and O–H groups in total. The number of anilines is 1. The van der Waals surface area contributed by atoms with Gasteiger partial charge < -0.3 is 10.1 Å². The van der Waals surface area contributed by atoms with E-state index >= 15 is 0 Å². The Hall–Kier alpha value is -1.92. The van der Waals surface area contributed by atoms with Gasteiger partial charge in [0, 0.05) is 23.8 Å². The molecular formula is C18H20BrN3O2. The van der Waals surface area contributed by atoms with Crippen molar-refractivity contribution in [3.8, 4) is 5.75 Å². The maximum absolute atomic E-state index is 12.2. The molecule has 6 heteroatoms. The quantitative estimate of drug-likeness (QED) is 0.852. The van der Waals surface area contributed by atoms with E-state index in [2.05, 4.69) is 43.3 Å². The minimum Gasteiger partial charge on any atom is -0.494 e. The van der Waals surface area contributed by atoms with Crippen LogP contribution in [0, 0.1) is 0 Å². The maximum atomic E-state index is 12.2. The van der Waals surface area contributed by atoms with Crippen LogP contribution in [-0.4, -0.2) is 35.5 Å². The molecule has 2 heterocycles. The number of benzene rings is 1. The molecule has 0 atom stereocenters. The zero-order chi connectivity index (χ0) is 16.9. The van der Waals surface area contributed by atoms with Crippen LogP contribution in [0.25, 0.3) is 0 Å². The van der Waals surface area contributed by atoms with E-state index in [1.54, 1.807) is 12.3 Å². The number of hydrogen-bond acceptors (Lipinski definition) is 4. The predicted octanol–water partition coefficient (Wildman–Crippen LogP) is 3.24. The molecule has 126 valence electrons. The molecule has 1 aromatic carbocycles. The Balaban J connectivity index is 1.59. The second kappa shape index (κ2) is 7.77. The van der Waals surface area contributed by atoms with Gasteiger partial charge >= 0.3 is 0 Å². The number of nitrogens with zero attached hydrogens (tertiary/aromatic N) is 2. The molecule has 0 aliphatic carbocycles. The lowest BCUT2D eigenvalue weighted by atomic mass is 9.99. The van der Waals surface area contributed by atoms with Crippen LogP contribution in [0.5, 0.6) is 5.75 Å². The molecule has 1 aliphatic heterocycles. The highest BCUT2D eigenvalue weighted by Crippen LogP contribution is 2.24. The van der Waals surface area contributed by atoms with E-state index in [4.69, 9.17) is 4.74 Å². The fourth-order valence-corrected chi connectivity index (χ4v) is 3.05. The number of amides is 1. The van der Waals surface area contributed by atoms with E-state index in [9.17, 15) is 4.79 Å². The van der Waals surface area contributed by atoms with E-state index < -0.39 is 0 Å². The number of pyridine rings is 1. The fraction of sp³-hybridized carbons (Fsp3) is 0.333. The van der Waals surface area contributed by atoms with E-state index in [0.717, 1.165) is 29.7 Å². The number of rotatable bonds is 5. The van der Waals surface area contributed by atoms with Gasteiger partial charge in [0.25, 0.3) is 0 Å². The smallest absolute Gasteiger partial charge is 0.239 e. The van der Waals surface area contributed by atoms with Crippen molar-refractivity contribution < 1.29 is 9.53 Å². The lowest BCUT2D eigenvalue weighted by Crippen LogP contribution is -2.37. The first-order valence-electron chi connectivity index (χ1n) is 8.02. The van der Waals surface area contributed by atoms with Crippen LogP contribution in [0.2, 0.25) is 0 Å². The molecule has 0 radical (unpaired) electrons. The van der Waals surface area contributed by atoms with Crippen LogP contribution in [0.4, 0.5) is 5.82 Å². The SMILES string of the molecule is CCOc1ccc2c(c1)CN(CC(=O)Nc1ccc(Br)cn1)CC2. The van der Waals surface area contributed by atoms with Crippen molar-refractivity contribution in [2.45, 2.75) is 19.9 Å². The molecule has 0 saturated carbocycles. The summed E-state index contributed by atoms with van der Waals surface area (Å²) in [5.74, 6) is 1.41. The summed E-state index contributed by atoms with van der Waals surface area (Å²) >= 11 is 3.33. The van der Waals surface area contributed by atoms with E-state index in [-0.39, 0.29) is 5.91 Å². The van der Waals surface area contributed by atoms with Crippen molar-refractivity contribution >= 4 is 27.7 Å². The molecular weight excluding hydrogens is 370 g/mol. The molecule has 1 aromatic heterocycles. The maximum Gasteiger partial charge on any atom is 0.239 e. The number of aromatic nitrogens is 1. The number of ether oxygens (including phenoxy) is 1. The molecule has 1 aliphatic rings. The number of fused-ring (bicyclic) bond motifs is 1. The molecule has 1 amide bonds. The molecule has 5 nitrogen and oxygen atoms in total. The van der Waals surface area contributed by atoms with Crippen LogP contribution in [0.1, 0.15) is 18.1 Å². The van der Waals surface area contributed by atoms with Crippen LogP contribution in [-0.2, 0) is 17.8 Å². The van der Waals surface area contributed by atoms with E-state index in [1.165, 1.54) is 11.1 Å². The molecule has 24 heavy (non-hydrogen) atoms. The molecule has 3 rings (SSSR count). The summed E-state index contributed by atoms with van der Waals surface area (Å²) in [6.45, 7) is 4.63. The highest BCUT2D eigenvalue weighted by atomic mass is 79.9. The standard InChI is InChI=1S/C18H20BrN3O2/c1-2-24-16-5-3-13-7-8-22(11-14(13)9-16)12-18(23)21-17-6-4-15(19)10-20-17/h3-6,9-10H,2,7-8,11-12H2,1H3,(H,20,21,23). The average molecular weight is 390 g/mol. The van der Waals surface area contributed by atoms with Crippen LogP contribution in [0.3, 0.4) is 0 Å². The third-order valence-corrected chi connectivity index (χ3v) is 4.41. The fourth-order valence-electron chi connectivity index (χ4n) is 2.82. The van der Waals surface area contributed by atoms with Gasteiger partial charge in [-0.3, -0.25) is 9.69 Å². The van der Waals surface area contributed by atoms with Crippen molar-refractivity contribution in [2.75, 3.05) is 25.0 Å². The normalized spacial score (nSPS) is 14.1. The third-order valence-electron chi connectivity index (χ3n) is 3.94. The zero-order valence-corrected chi connectivity index (χ0v) is 15.2. The summed E-state index contributed by atoms with van der Waals surface area (Å²) in [4.78, 5) is 18.5. The Kier molecular flexibility index (Phi) is 5.48. The van der Waals surface area contributed by atoms with Crippen molar-refractivity contribution in [1.29, 1.82) is 0 Å². The Labute approximate surface area is 150 Å². The van der Waals surface area contributed by atoms with Crippen molar-refractivity contribution in [3.63, 3.8) is 0 Å². The predicted molar refractivity (Wildman–Crippen MR) is 97.2 cm³/mol. The van der Waals surface area contributed by atoms with Gasteiger partial charge in [-0.25, -0.2) is 4.98 Å². The molecule has 2 aromatic rings. The number of carbonyl (C=O) groups is 1. The summed E-state index contributed by atoms with van der Waals surface area (Å²) in [7, 11) is 0. The molecule has 0 fully saturated rings. The highest BCUT2D eigenvalue weighted by molar-refractivity contribution is 9.10. The second-order valence-electron chi connectivity index (χ2n) is 5.73. The molecule has 0 spiro atoms. The van der Waals surface area contributed by atoms with Gasteiger partial charge in [0.1, 0.15) is 11.6 Å². The number of carbonyl (C=O) groups excluding carboxylic acids is 1. The minimum atomic E-state index is -0.0470. The van der Waals surface area contributed by atoms with Crippen LogP contribution < -0.4 is 10.1 Å². The lowest BCUT2D eigenvalue weighted by molar-refractivity contribution is -0.117. The Morgan fingerprint density at radius 1 is 1.33 bits per heavy atom. The summed E-state index contributed by atoms with van der Waals surface area (Å²) in [6, 6.07) is 9.86. The van der Waals surface area contributed by atoms with Gasteiger partial charge in [0.2, 0.25) is 5.91 Å².